The van der Waals surface area contributed by atoms with Gasteiger partial charge in [0.2, 0.25) is 0 Å². The van der Waals surface area contributed by atoms with Crippen molar-refractivity contribution in [3.63, 3.8) is 0 Å². The lowest BCUT2D eigenvalue weighted by Gasteiger charge is -2.23. The van der Waals surface area contributed by atoms with Gasteiger partial charge in [0.15, 0.2) is 0 Å². The van der Waals surface area contributed by atoms with E-state index in [1.54, 1.807) is 0 Å². The quantitative estimate of drug-likeness (QED) is 0.756. The Morgan fingerprint density at radius 1 is 0.952 bits per heavy atom. The van der Waals surface area contributed by atoms with E-state index in [-0.39, 0.29) is 5.41 Å². The van der Waals surface area contributed by atoms with Crippen LogP contribution in [0.3, 0.4) is 0 Å². The van der Waals surface area contributed by atoms with Crippen LogP contribution in [0.2, 0.25) is 0 Å². The molecule has 2 aromatic rings. The highest BCUT2D eigenvalue weighted by Crippen LogP contribution is 2.27. The van der Waals surface area contributed by atoms with Crippen molar-refractivity contribution in [2.75, 3.05) is 0 Å². The number of hydrogen-bond acceptors (Lipinski definition) is 2. The van der Waals surface area contributed by atoms with Crippen LogP contribution in [0.25, 0.3) is 0 Å². The molecule has 2 rings (SSSR count). The summed E-state index contributed by atoms with van der Waals surface area (Å²) in [6.07, 6.45) is 0. The second-order valence-electron chi connectivity index (χ2n) is 6.95. The molecule has 1 N–H and O–H groups in total. The number of rotatable bonds is 4. The summed E-state index contributed by atoms with van der Waals surface area (Å²) >= 11 is 1.84. The van der Waals surface area contributed by atoms with Crippen molar-refractivity contribution in [3.05, 3.63) is 57.3 Å². The molecule has 1 heterocycles. The molecule has 21 heavy (non-hydrogen) atoms. The van der Waals surface area contributed by atoms with Gasteiger partial charge in [-0.05, 0) is 54.3 Å². The molecular weight excluding hydrogens is 274 g/mol. The van der Waals surface area contributed by atoms with Crippen molar-refractivity contribution in [1.82, 2.24) is 5.32 Å². The molecule has 0 aliphatic rings. The van der Waals surface area contributed by atoms with Crippen LogP contribution in [0.1, 0.15) is 68.3 Å². The van der Waals surface area contributed by atoms with Crippen LogP contribution in [-0.2, 0) is 5.41 Å². The van der Waals surface area contributed by atoms with Crippen LogP contribution in [0.4, 0.5) is 0 Å². The van der Waals surface area contributed by atoms with Crippen molar-refractivity contribution in [2.24, 2.45) is 0 Å². The summed E-state index contributed by atoms with van der Waals surface area (Å²) < 4.78 is 0. The first kappa shape index (κ1) is 16.3. The van der Waals surface area contributed by atoms with Gasteiger partial charge in [-0.15, -0.1) is 11.3 Å². The second kappa shape index (κ2) is 6.33. The summed E-state index contributed by atoms with van der Waals surface area (Å²) in [5.41, 5.74) is 4.34. The van der Waals surface area contributed by atoms with Crippen molar-refractivity contribution in [3.8, 4) is 0 Å². The van der Waals surface area contributed by atoms with Crippen LogP contribution in [-0.4, -0.2) is 0 Å². The van der Waals surface area contributed by atoms with Gasteiger partial charge < -0.3 is 5.32 Å². The second-order valence-corrected chi connectivity index (χ2v) is 7.90. The third kappa shape index (κ3) is 3.96. The monoisotopic (exact) mass is 301 g/mol. The van der Waals surface area contributed by atoms with Crippen molar-refractivity contribution in [2.45, 2.75) is 59.0 Å². The van der Waals surface area contributed by atoms with Gasteiger partial charge in [0.25, 0.3) is 0 Å². The Morgan fingerprint density at radius 3 is 2.05 bits per heavy atom. The van der Waals surface area contributed by atoms with E-state index in [1.165, 1.54) is 21.6 Å². The molecule has 0 bridgehead atoms. The Labute approximate surface area is 133 Å². The molecule has 0 fully saturated rings. The number of nitrogens with one attached hydrogen (secondary N) is 1. The smallest absolute Gasteiger partial charge is 0.0393 e. The molecule has 0 spiro atoms. The fourth-order valence-electron chi connectivity index (χ4n) is 2.65. The lowest BCUT2D eigenvalue weighted by atomic mass is 9.86. The van der Waals surface area contributed by atoms with E-state index in [9.17, 15) is 0 Å². The Balaban J connectivity index is 2.07. The van der Waals surface area contributed by atoms with E-state index in [4.69, 9.17) is 0 Å². The van der Waals surface area contributed by atoms with Gasteiger partial charge in [-0.3, -0.25) is 0 Å². The van der Waals surface area contributed by atoms with Gasteiger partial charge >= 0.3 is 0 Å². The zero-order valence-corrected chi connectivity index (χ0v) is 14.8. The molecular formula is C19H27NS. The van der Waals surface area contributed by atoms with E-state index in [0.717, 1.165) is 0 Å². The first-order chi connectivity index (χ1) is 9.79. The SMILES string of the molecule is Cc1ccsc1C(C)NC(C)c1ccc(C(C)(C)C)cc1. The standard InChI is InChI=1S/C19H27NS/c1-13-11-12-21-18(13)15(3)20-14(2)16-7-9-17(10-8-16)19(4,5)6/h7-12,14-15,20H,1-6H3. The van der Waals surface area contributed by atoms with E-state index >= 15 is 0 Å². The highest BCUT2D eigenvalue weighted by molar-refractivity contribution is 7.10. The van der Waals surface area contributed by atoms with Gasteiger partial charge in [-0.2, -0.15) is 0 Å². The Bertz CT molecular complexity index is 574. The number of aryl methyl sites for hydroxylation is 1. The molecule has 1 aromatic carbocycles. The molecule has 0 aliphatic heterocycles. The highest BCUT2D eigenvalue weighted by atomic mass is 32.1. The first-order valence-corrected chi connectivity index (χ1v) is 8.57. The molecule has 2 atom stereocenters. The van der Waals surface area contributed by atoms with E-state index in [0.29, 0.717) is 12.1 Å². The molecule has 0 radical (unpaired) electrons. The largest absolute Gasteiger partial charge is 0.303 e. The fourth-order valence-corrected chi connectivity index (χ4v) is 3.59. The number of thiophene rings is 1. The van der Waals surface area contributed by atoms with Crippen LogP contribution >= 0.6 is 11.3 Å². The summed E-state index contributed by atoms with van der Waals surface area (Å²) in [6, 6.07) is 12.0. The van der Waals surface area contributed by atoms with E-state index in [1.807, 2.05) is 11.3 Å². The molecule has 0 aliphatic carbocycles. The van der Waals surface area contributed by atoms with Crippen LogP contribution in [0, 0.1) is 6.92 Å². The molecule has 0 amide bonds. The molecule has 114 valence electrons. The van der Waals surface area contributed by atoms with Crippen molar-refractivity contribution in [1.29, 1.82) is 0 Å². The Hall–Kier alpha value is -1.12. The van der Waals surface area contributed by atoms with Gasteiger partial charge in [-0.25, -0.2) is 0 Å². The predicted molar refractivity (Wildman–Crippen MR) is 94.2 cm³/mol. The lowest BCUT2D eigenvalue weighted by Crippen LogP contribution is -2.22. The summed E-state index contributed by atoms with van der Waals surface area (Å²) in [4.78, 5) is 1.44. The maximum Gasteiger partial charge on any atom is 0.0393 e. The van der Waals surface area contributed by atoms with Crippen molar-refractivity contribution >= 4 is 11.3 Å². The average molecular weight is 301 g/mol. The van der Waals surface area contributed by atoms with Gasteiger partial charge in [0.05, 0.1) is 0 Å². The summed E-state index contributed by atoms with van der Waals surface area (Å²) in [5.74, 6) is 0. The van der Waals surface area contributed by atoms with Gasteiger partial charge in [0, 0.05) is 17.0 Å². The van der Waals surface area contributed by atoms with Crippen molar-refractivity contribution < 1.29 is 0 Å². The van der Waals surface area contributed by atoms with E-state index in [2.05, 4.69) is 82.6 Å². The lowest BCUT2D eigenvalue weighted by molar-refractivity contribution is 0.498. The average Bonchev–Trinajstić information content (AvgIpc) is 2.84. The third-order valence-corrected chi connectivity index (χ3v) is 5.27. The zero-order chi connectivity index (χ0) is 15.6. The predicted octanol–water partition coefficient (Wildman–Crippen LogP) is 5.77. The Kier molecular flexibility index (Phi) is 4.90. The molecule has 1 aromatic heterocycles. The number of benzene rings is 1. The summed E-state index contributed by atoms with van der Waals surface area (Å²) in [6.45, 7) is 13.4. The third-order valence-electron chi connectivity index (χ3n) is 4.07. The topological polar surface area (TPSA) is 12.0 Å². The van der Waals surface area contributed by atoms with Crippen LogP contribution in [0.5, 0.6) is 0 Å². The molecule has 2 heteroatoms. The van der Waals surface area contributed by atoms with Crippen LogP contribution < -0.4 is 5.32 Å². The van der Waals surface area contributed by atoms with E-state index < -0.39 is 0 Å². The zero-order valence-electron chi connectivity index (χ0n) is 14.0. The first-order valence-electron chi connectivity index (χ1n) is 7.69. The molecule has 2 unspecified atom stereocenters. The minimum Gasteiger partial charge on any atom is -0.303 e. The fraction of sp³-hybridized carbons (Fsp3) is 0.474. The maximum absolute atomic E-state index is 3.71. The number of hydrogen-bond donors (Lipinski definition) is 1. The molecule has 0 saturated carbocycles. The minimum absolute atomic E-state index is 0.219. The Morgan fingerprint density at radius 2 is 1.57 bits per heavy atom. The van der Waals surface area contributed by atoms with Gasteiger partial charge in [-0.1, -0.05) is 45.0 Å². The van der Waals surface area contributed by atoms with Crippen LogP contribution in [0.15, 0.2) is 35.7 Å². The summed E-state index contributed by atoms with van der Waals surface area (Å²) in [7, 11) is 0. The normalized spacial score (nSPS) is 15.0. The minimum atomic E-state index is 0.219. The summed E-state index contributed by atoms with van der Waals surface area (Å²) in [5, 5.41) is 5.88. The molecule has 1 nitrogen and oxygen atoms in total. The maximum atomic E-state index is 3.71. The highest BCUT2D eigenvalue weighted by Gasteiger charge is 2.16. The van der Waals surface area contributed by atoms with Gasteiger partial charge in [0.1, 0.15) is 0 Å². The molecule has 0 saturated heterocycles.